The second-order valence-corrected chi connectivity index (χ2v) is 4.52. The molecule has 1 N–H and O–H groups in total. The van der Waals surface area contributed by atoms with Crippen LogP contribution in [0.3, 0.4) is 0 Å². The third-order valence-corrected chi connectivity index (χ3v) is 3.04. The normalized spacial score (nSPS) is 10.7. The van der Waals surface area contributed by atoms with Gasteiger partial charge in [0.05, 0.1) is 12.1 Å². The smallest absolute Gasteiger partial charge is 0.185 e. The molecule has 0 spiro atoms. The van der Waals surface area contributed by atoms with Crippen LogP contribution in [0.5, 0.6) is 11.5 Å². The summed E-state index contributed by atoms with van der Waals surface area (Å²) >= 11 is 5.88. The highest BCUT2D eigenvalue weighted by atomic mass is 35.5. The largest absolute Gasteiger partial charge is 0.503 e. The van der Waals surface area contributed by atoms with Crippen LogP contribution in [0.25, 0.3) is 6.08 Å². The molecule has 0 saturated carbocycles. The van der Waals surface area contributed by atoms with E-state index in [1.54, 1.807) is 30.3 Å². The zero-order valence-corrected chi connectivity index (χ0v) is 11.6. The lowest BCUT2D eigenvalue weighted by molar-refractivity contribution is 0.104. The highest BCUT2D eigenvalue weighted by Gasteiger charge is 2.08. The highest BCUT2D eigenvalue weighted by Crippen LogP contribution is 2.35. The SMILES string of the molecule is COc1cc(/C=C/C(=O)c2ccccc2)cc(Cl)c1O. The third kappa shape index (κ3) is 3.19. The van der Waals surface area contributed by atoms with Gasteiger partial charge >= 0.3 is 0 Å². The van der Waals surface area contributed by atoms with Crippen LogP contribution in [0.2, 0.25) is 5.02 Å². The van der Waals surface area contributed by atoms with E-state index in [9.17, 15) is 9.90 Å². The molecule has 0 fully saturated rings. The molecule has 0 heterocycles. The molecule has 0 bridgehead atoms. The van der Waals surface area contributed by atoms with Crippen LogP contribution in [0.15, 0.2) is 48.5 Å². The minimum atomic E-state index is -0.110. The molecule has 0 aromatic heterocycles. The number of allylic oxidation sites excluding steroid dienone is 1. The van der Waals surface area contributed by atoms with Crippen molar-refractivity contribution in [2.75, 3.05) is 7.11 Å². The lowest BCUT2D eigenvalue weighted by atomic mass is 10.1. The van der Waals surface area contributed by atoms with Gasteiger partial charge in [0.2, 0.25) is 0 Å². The number of rotatable bonds is 4. The van der Waals surface area contributed by atoms with E-state index >= 15 is 0 Å². The van der Waals surface area contributed by atoms with Crippen molar-refractivity contribution in [3.8, 4) is 11.5 Å². The molecular weight excluding hydrogens is 276 g/mol. The Bertz CT molecular complexity index is 648. The van der Waals surface area contributed by atoms with Gasteiger partial charge in [-0.3, -0.25) is 4.79 Å². The molecule has 2 aromatic rings. The molecule has 0 unspecified atom stereocenters. The number of ether oxygens (including phenoxy) is 1. The topological polar surface area (TPSA) is 46.5 Å². The molecule has 2 rings (SSSR count). The van der Waals surface area contributed by atoms with Gasteiger partial charge in [0.1, 0.15) is 0 Å². The van der Waals surface area contributed by atoms with Crippen molar-refractivity contribution in [1.29, 1.82) is 0 Å². The summed E-state index contributed by atoms with van der Waals surface area (Å²) in [6, 6.07) is 12.1. The molecule has 2 aromatic carbocycles. The number of hydrogen-bond donors (Lipinski definition) is 1. The molecule has 0 aliphatic heterocycles. The van der Waals surface area contributed by atoms with Crippen molar-refractivity contribution < 1.29 is 14.6 Å². The number of carbonyl (C=O) groups is 1. The monoisotopic (exact) mass is 288 g/mol. The van der Waals surface area contributed by atoms with Crippen molar-refractivity contribution in [1.82, 2.24) is 0 Å². The lowest BCUT2D eigenvalue weighted by Gasteiger charge is -2.06. The Morgan fingerprint density at radius 2 is 1.95 bits per heavy atom. The van der Waals surface area contributed by atoms with Gasteiger partial charge in [0.15, 0.2) is 17.3 Å². The quantitative estimate of drug-likeness (QED) is 0.684. The average molecular weight is 289 g/mol. The van der Waals surface area contributed by atoms with E-state index in [1.165, 1.54) is 13.2 Å². The van der Waals surface area contributed by atoms with Gasteiger partial charge in [0, 0.05) is 5.56 Å². The second-order valence-electron chi connectivity index (χ2n) is 4.12. The van der Waals surface area contributed by atoms with Crippen LogP contribution in [-0.4, -0.2) is 18.0 Å². The van der Waals surface area contributed by atoms with E-state index in [1.807, 2.05) is 18.2 Å². The van der Waals surface area contributed by atoms with Crippen LogP contribution >= 0.6 is 11.6 Å². The molecule has 0 saturated heterocycles. The van der Waals surface area contributed by atoms with E-state index in [4.69, 9.17) is 16.3 Å². The third-order valence-electron chi connectivity index (χ3n) is 2.76. The molecule has 0 atom stereocenters. The Labute approximate surface area is 122 Å². The molecule has 4 heteroatoms. The molecule has 0 radical (unpaired) electrons. The van der Waals surface area contributed by atoms with E-state index in [0.29, 0.717) is 11.1 Å². The maximum absolute atomic E-state index is 11.9. The van der Waals surface area contributed by atoms with Crippen molar-refractivity contribution in [2.24, 2.45) is 0 Å². The van der Waals surface area contributed by atoms with E-state index in [-0.39, 0.29) is 22.3 Å². The van der Waals surface area contributed by atoms with Gasteiger partial charge in [-0.25, -0.2) is 0 Å². The number of aromatic hydroxyl groups is 1. The van der Waals surface area contributed by atoms with Crippen molar-refractivity contribution >= 4 is 23.5 Å². The van der Waals surface area contributed by atoms with Gasteiger partial charge < -0.3 is 9.84 Å². The number of benzene rings is 2. The molecule has 0 amide bonds. The molecule has 20 heavy (non-hydrogen) atoms. The van der Waals surface area contributed by atoms with E-state index in [0.717, 1.165) is 0 Å². The van der Waals surface area contributed by atoms with Crippen LogP contribution in [0.4, 0.5) is 0 Å². The predicted molar refractivity (Wildman–Crippen MR) is 79.5 cm³/mol. The summed E-state index contributed by atoms with van der Waals surface area (Å²) < 4.78 is 5.00. The van der Waals surface area contributed by atoms with Crippen LogP contribution in [0.1, 0.15) is 15.9 Å². The molecular formula is C16H13ClO3. The zero-order valence-electron chi connectivity index (χ0n) is 10.8. The molecule has 3 nitrogen and oxygen atoms in total. The minimum Gasteiger partial charge on any atom is -0.503 e. The first-order valence-corrected chi connectivity index (χ1v) is 6.33. The van der Waals surface area contributed by atoms with Gasteiger partial charge in [0.25, 0.3) is 0 Å². The minimum absolute atomic E-state index is 0.103. The van der Waals surface area contributed by atoms with Gasteiger partial charge in [-0.05, 0) is 23.8 Å². The van der Waals surface area contributed by atoms with Crippen LogP contribution < -0.4 is 4.74 Å². The lowest BCUT2D eigenvalue weighted by Crippen LogP contribution is -1.93. The van der Waals surface area contributed by atoms with Gasteiger partial charge in [-0.1, -0.05) is 48.0 Å². The zero-order chi connectivity index (χ0) is 14.5. The summed E-state index contributed by atoms with van der Waals surface area (Å²) in [5.41, 5.74) is 1.29. The standard InChI is InChI=1S/C16H13ClO3/c1-20-15-10-11(9-13(17)16(15)19)7-8-14(18)12-5-3-2-4-6-12/h2-10,19H,1H3/b8-7+. The Kier molecular flexibility index (Phi) is 4.43. The number of methoxy groups -OCH3 is 1. The Morgan fingerprint density at radius 3 is 2.60 bits per heavy atom. The number of hydrogen-bond acceptors (Lipinski definition) is 3. The van der Waals surface area contributed by atoms with Gasteiger partial charge in [-0.15, -0.1) is 0 Å². The van der Waals surface area contributed by atoms with Crippen LogP contribution in [-0.2, 0) is 0 Å². The van der Waals surface area contributed by atoms with E-state index < -0.39 is 0 Å². The summed E-state index contributed by atoms with van der Waals surface area (Å²) in [6.45, 7) is 0. The average Bonchev–Trinajstić information content (AvgIpc) is 2.48. The molecule has 0 aliphatic carbocycles. The summed E-state index contributed by atoms with van der Waals surface area (Å²) in [5, 5.41) is 9.81. The fourth-order valence-corrected chi connectivity index (χ4v) is 1.94. The Morgan fingerprint density at radius 1 is 1.25 bits per heavy atom. The first-order valence-electron chi connectivity index (χ1n) is 5.96. The van der Waals surface area contributed by atoms with E-state index in [2.05, 4.69) is 0 Å². The first-order chi connectivity index (χ1) is 9.61. The first kappa shape index (κ1) is 14.2. The van der Waals surface area contributed by atoms with Gasteiger partial charge in [-0.2, -0.15) is 0 Å². The number of halogens is 1. The molecule has 102 valence electrons. The number of phenolic OH excluding ortho intramolecular Hbond substituents is 1. The maximum Gasteiger partial charge on any atom is 0.185 e. The van der Waals surface area contributed by atoms with Crippen LogP contribution in [0, 0.1) is 0 Å². The highest BCUT2D eigenvalue weighted by molar-refractivity contribution is 6.32. The fourth-order valence-electron chi connectivity index (χ4n) is 1.72. The fraction of sp³-hybridized carbons (Fsp3) is 0.0625. The second kappa shape index (κ2) is 6.26. The van der Waals surface area contributed by atoms with Crippen molar-refractivity contribution in [2.45, 2.75) is 0 Å². The summed E-state index contributed by atoms with van der Waals surface area (Å²) in [4.78, 5) is 11.9. The summed E-state index contributed by atoms with van der Waals surface area (Å²) in [6.07, 6.45) is 3.08. The Hall–Kier alpha value is -2.26. The summed E-state index contributed by atoms with van der Waals surface area (Å²) in [5.74, 6) is 0.0544. The maximum atomic E-state index is 11.9. The van der Waals surface area contributed by atoms with Crippen molar-refractivity contribution in [3.05, 3.63) is 64.7 Å². The Balaban J connectivity index is 2.24. The number of carbonyl (C=O) groups excluding carboxylic acids is 1. The number of phenols is 1. The van der Waals surface area contributed by atoms with Crippen molar-refractivity contribution in [3.63, 3.8) is 0 Å². The molecule has 0 aliphatic rings. The number of ketones is 1. The summed E-state index contributed by atoms with van der Waals surface area (Å²) in [7, 11) is 1.44. The predicted octanol–water partition coefficient (Wildman–Crippen LogP) is 3.95.